The Morgan fingerprint density at radius 2 is 2.07 bits per heavy atom. The highest BCUT2D eigenvalue weighted by Crippen LogP contribution is 2.34. The van der Waals surface area contributed by atoms with Crippen molar-refractivity contribution in [2.45, 2.75) is 19.8 Å². The molecule has 0 aliphatic carbocycles. The molecule has 1 aromatic rings. The third-order valence-electron chi connectivity index (χ3n) is 3.33. The van der Waals surface area contributed by atoms with Crippen molar-refractivity contribution in [1.29, 1.82) is 0 Å². The van der Waals surface area contributed by atoms with Crippen LogP contribution in [-0.4, -0.2) is 13.1 Å². The van der Waals surface area contributed by atoms with Crippen molar-refractivity contribution < 1.29 is 0 Å². The molecule has 82 valence electrons. The van der Waals surface area contributed by atoms with E-state index in [9.17, 15) is 0 Å². The Hall–Kier alpha value is -0.240. The highest BCUT2D eigenvalue weighted by Gasteiger charge is 2.35. The van der Waals surface area contributed by atoms with Crippen LogP contribution in [0.5, 0.6) is 0 Å². The summed E-state index contributed by atoms with van der Waals surface area (Å²) < 4.78 is 0. The Morgan fingerprint density at radius 1 is 1.33 bits per heavy atom. The molecule has 0 radical (unpaired) electrons. The van der Waals surface area contributed by atoms with Gasteiger partial charge in [0.2, 0.25) is 0 Å². The molecule has 1 aromatic carbocycles. The predicted octanol–water partition coefficient (Wildman–Crippen LogP) is 3.54. The van der Waals surface area contributed by atoms with Crippen molar-refractivity contribution in [3.8, 4) is 0 Å². The second kappa shape index (κ2) is 4.32. The summed E-state index contributed by atoms with van der Waals surface area (Å²) in [5.74, 6) is 0. The monoisotopic (exact) mass is 243 g/mol. The summed E-state index contributed by atoms with van der Waals surface area (Å²) in [6.45, 7) is 4.44. The van der Waals surface area contributed by atoms with Crippen LogP contribution in [0, 0.1) is 5.41 Å². The highest BCUT2D eigenvalue weighted by atomic mass is 35.5. The van der Waals surface area contributed by atoms with Crippen LogP contribution in [0.3, 0.4) is 0 Å². The van der Waals surface area contributed by atoms with Crippen molar-refractivity contribution >= 4 is 23.2 Å². The predicted molar refractivity (Wildman–Crippen MR) is 65.8 cm³/mol. The summed E-state index contributed by atoms with van der Waals surface area (Å²) in [5, 5.41) is 4.84. The zero-order chi connectivity index (χ0) is 10.9. The van der Waals surface area contributed by atoms with E-state index in [-0.39, 0.29) is 0 Å². The Bertz CT molecular complexity index is 353. The lowest BCUT2D eigenvalue weighted by atomic mass is 9.74. The molecule has 3 heteroatoms. The molecule has 1 nitrogen and oxygen atoms in total. The van der Waals surface area contributed by atoms with Crippen LogP contribution < -0.4 is 5.32 Å². The van der Waals surface area contributed by atoms with Crippen LogP contribution in [0.2, 0.25) is 10.0 Å². The topological polar surface area (TPSA) is 12.0 Å². The van der Waals surface area contributed by atoms with Gasteiger partial charge in [0.15, 0.2) is 0 Å². The molecule has 0 saturated carbocycles. The standard InChI is InChI=1S/C12H15Cl2N/c1-2-12(7-15-8-12)6-9-3-4-10(13)5-11(9)14/h3-5,15H,2,6-8H2,1H3. The minimum Gasteiger partial charge on any atom is -0.316 e. The summed E-state index contributed by atoms with van der Waals surface area (Å²) >= 11 is 12.0. The summed E-state index contributed by atoms with van der Waals surface area (Å²) in [6, 6.07) is 5.78. The lowest BCUT2D eigenvalue weighted by molar-refractivity contribution is 0.160. The smallest absolute Gasteiger partial charge is 0.0453 e. The van der Waals surface area contributed by atoms with E-state index in [2.05, 4.69) is 12.2 Å². The lowest BCUT2D eigenvalue weighted by Gasteiger charge is -2.42. The van der Waals surface area contributed by atoms with Gasteiger partial charge in [-0.05, 0) is 36.0 Å². The van der Waals surface area contributed by atoms with Gasteiger partial charge in [-0.15, -0.1) is 0 Å². The minimum absolute atomic E-state index is 0.414. The van der Waals surface area contributed by atoms with Crippen LogP contribution in [0.25, 0.3) is 0 Å². The second-order valence-electron chi connectivity index (χ2n) is 4.37. The molecular weight excluding hydrogens is 229 g/mol. The fourth-order valence-corrected chi connectivity index (χ4v) is 2.52. The van der Waals surface area contributed by atoms with Crippen molar-refractivity contribution in [3.05, 3.63) is 33.8 Å². The average molecular weight is 244 g/mol. The Morgan fingerprint density at radius 3 is 2.53 bits per heavy atom. The van der Waals surface area contributed by atoms with E-state index in [1.807, 2.05) is 18.2 Å². The number of hydrogen-bond donors (Lipinski definition) is 1. The van der Waals surface area contributed by atoms with Crippen molar-refractivity contribution in [1.82, 2.24) is 5.32 Å². The van der Waals surface area contributed by atoms with E-state index < -0.39 is 0 Å². The third kappa shape index (κ3) is 2.30. The van der Waals surface area contributed by atoms with Gasteiger partial charge in [0.25, 0.3) is 0 Å². The van der Waals surface area contributed by atoms with Crippen LogP contribution >= 0.6 is 23.2 Å². The van der Waals surface area contributed by atoms with Crippen LogP contribution in [-0.2, 0) is 6.42 Å². The van der Waals surface area contributed by atoms with Crippen LogP contribution in [0.4, 0.5) is 0 Å². The van der Waals surface area contributed by atoms with E-state index >= 15 is 0 Å². The van der Waals surface area contributed by atoms with E-state index in [1.54, 1.807) is 0 Å². The van der Waals surface area contributed by atoms with Gasteiger partial charge in [0.05, 0.1) is 0 Å². The molecule has 0 amide bonds. The molecule has 1 N–H and O–H groups in total. The first-order chi connectivity index (χ1) is 7.15. The average Bonchev–Trinajstić information content (AvgIpc) is 2.14. The largest absolute Gasteiger partial charge is 0.316 e. The Kier molecular flexibility index (Phi) is 3.24. The second-order valence-corrected chi connectivity index (χ2v) is 5.21. The normalized spacial score (nSPS) is 18.6. The van der Waals surface area contributed by atoms with Gasteiger partial charge in [-0.25, -0.2) is 0 Å². The van der Waals surface area contributed by atoms with Gasteiger partial charge in [-0.2, -0.15) is 0 Å². The van der Waals surface area contributed by atoms with Crippen molar-refractivity contribution in [2.24, 2.45) is 5.41 Å². The zero-order valence-electron chi connectivity index (χ0n) is 8.82. The maximum atomic E-state index is 6.17. The van der Waals surface area contributed by atoms with Gasteiger partial charge >= 0.3 is 0 Å². The molecule has 0 aromatic heterocycles. The summed E-state index contributed by atoms with van der Waals surface area (Å²) in [6.07, 6.45) is 2.24. The fourth-order valence-electron chi connectivity index (χ4n) is 2.05. The molecule has 1 heterocycles. The molecule has 1 saturated heterocycles. The zero-order valence-corrected chi connectivity index (χ0v) is 10.3. The molecule has 0 unspecified atom stereocenters. The molecule has 1 aliphatic heterocycles. The quantitative estimate of drug-likeness (QED) is 0.857. The number of nitrogens with one attached hydrogen (secondary N) is 1. The first-order valence-electron chi connectivity index (χ1n) is 5.30. The first kappa shape index (κ1) is 11.3. The summed E-state index contributed by atoms with van der Waals surface area (Å²) in [5.41, 5.74) is 1.63. The number of hydrogen-bond acceptors (Lipinski definition) is 1. The van der Waals surface area contributed by atoms with Crippen molar-refractivity contribution in [3.63, 3.8) is 0 Å². The molecule has 0 spiro atoms. The molecule has 1 aliphatic rings. The van der Waals surface area contributed by atoms with Gasteiger partial charge in [-0.1, -0.05) is 36.2 Å². The van der Waals surface area contributed by atoms with Crippen LogP contribution in [0.15, 0.2) is 18.2 Å². The molecular formula is C12H15Cl2N. The summed E-state index contributed by atoms with van der Waals surface area (Å²) in [7, 11) is 0. The van der Waals surface area contributed by atoms with E-state index in [1.165, 1.54) is 12.0 Å². The maximum absolute atomic E-state index is 6.17. The SMILES string of the molecule is CCC1(Cc2ccc(Cl)cc2Cl)CNC1. The van der Waals surface area contributed by atoms with Gasteiger partial charge in [-0.3, -0.25) is 0 Å². The molecule has 15 heavy (non-hydrogen) atoms. The minimum atomic E-state index is 0.414. The Labute approximate surface area is 101 Å². The van der Waals surface area contributed by atoms with Crippen molar-refractivity contribution in [2.75, 3.05) is 13.1 Å². The first-order valence-corrected chi connectivity index (χ1v) is 6.05. The maximum Gasteiger partial charge on any atom is 0.0453 e. The summed E-state index contributed by atoms with van der Waals surface area (Å²) in [4.78, 5) is 0. The molecule has 0 atom stereocenters. The van der Waals surface area contributed by atoms with Gasteiger partial charge < -0.3 is 5.32 Å². The molecule has 1 fully saturated rings. The number of halogens is 2. The third-order valence-corrected chi connectivity index (χ3v) is 3.92. The van der Waals surface area contributed by atoms with Crippen LogP contribution in [0.1, 0.15) is 18.9 Å². The molecule has 0 bridgehead atoms. The Balaban J connectivity index is 2.16. The van der Waals surface area contributed by atoms with E-state index in [4.69, 9.17) is 23.2 Å². The van der Waals surface area contributed by atoms with E-state index in [0.29, 0.717) is 10.4 Å². The fraction of sp³-hybridized carbons (Fsp3) is 0.500. The van der Waals surface area contributed by atoms with Gasteiger partial charge in [0.1, 0.15) is 0 Å². The highest BCUT2D eigenvalue weighted by molar-refractivity contribution is 6.35. The van der Waals surface area contributed by atoms with E-state index in [0.717, 1.165) is 24.5 Å². The molecule has 2 rings (SSSR count). The lowest BCUT2D eigenvalue weighted by Crippen LogP contribution is -2.54. The number of rotatable bonds is 3. The number of benzene rings is 1. The van der Waals surface area contributed by atoms with Gasteiger partial charge in [0, 0.05) is 23.1 Å².